The van der Waals surface area contributed by atoms with Gasteiger partial charge in [-0.2, -0.15) is 0 Å². The molecule has 26 heavy (non-hydrogen) atoms. The number of para-hydroxylation sites is 1. The zero-order valence-electron chi connectivity index (χ0n) is 15.1. The van der Waals surface area contributed by atoms with Gasteiger partial charge in [0.25, 0.3) is 11.1 Å². The van der Waals surface area contributed by atoms with Crippen LogP contribution in [-0.4, -0.2) is 45.4 Å². The largest absolute Gasteiger partial charge is 0.349 e. The molecule has 7 heteroatoms. The highest BCUT2D eigenvalue weighted by molar-refractivity contribution is 8.14. The number of aryl methyl sites for hydroxylation is 2. The fourth-order valence-electron chi connectivity index (χ4n) is 3.28. The second-order valence-corrected chi connectivity index (χ2v) is 7.28. The molecule has 0 radical (unpaired) electrons. The van der Waals surface area contributed by atoms with Gasteiger partial charge in [0.2, 0.25) is 5.91 Å². The molecule has 1 aliphatic rings. The Bertz CT molecular complexity index is 843. The van der Waals surface area contributed by atoms with Crippen LogP contribution in [0.1, 0.15) is 35.8 Å². The van der Waals surface area contributed by atoms with Crippen molar-refractivity contribution in [2.75, 3.05) is 18.8 Å². The van der Waals surface area contributed by atoms with E-state index in [0.717, 1.165) is 47.6 Å². The Balaban J connectivity index is 1.77. The highest BCUT2D eigenvalue weighted by Gasteiger charge is 2.29. The lowest BCUT2D eigenvalue weighted by Crippen LogP contribution is -2.38. The second-order valence-electron chi connectivity index (χ2n) is 6.35. The molecule has 1 saturated heterocycles. The zero-order valence-corrected chi connectivity index (χ0v) is 15.9. The summed E-state index contributed by atoms with van der Waals surface area (Å²) in [6.45, 7) is 5.34. The lowest BCUT2D eigenvalue weighted by molar-refractivity contribution is -0.124. The van der Waals surface area contributed by atoms with Crippen LogP contribution in [0.2, 0.25) is 0 Å². The quantitative estimate of drug-likeness (QED) is 0.809. The molecule has 2 aromatic rings. The Labute approximate surface area is 156 Å². The van der Waals surface area contributed by atoms with Gasteiger partial charge < -0.3 is 9.88 Å². The van der Waals surface area contributed by atoms with Crippen LogP contribution in [0.4, 0.5) is 4.79 Å². The van der Waals surface area contributed by atoms with Crippen LogP contribution in [0.15, 0.2) is 24.3 Å². The minimum atomic E-state index is -0.238. The number of fused-ring (bicyclic) bond motifs is 1. The van der Waals surface area contributed by atoms with Crippen LogP contribution < -0.4 is 5.32 Å². The van der Waals surface area contributed by atoms with Gasteiger partial charge in [-0.15, -0.1) is 0 Å². The van der Waals surface area contributed by atoms with Gasteiger partial charge in [-0.25, -0.2) is 0 Å². The third-order valence-electron chi connectivity index (χ3n) is 4.64. The van der Waals surface area contributed by atoms with Crippen molar-refractivity contribution >= 4 is 39.7 Å². The molecule has 1 aromatic carbocycles. The predicted molar refractivity (Wildman–Crippen MR) is 103 cm³/mol. The van der Waals surface area contributed by atoms with E-state index in [1.807, 2.05) is 31.2 Å². The van der Waals surface area contributed by atoms with E-state index in [1.54, 1.807) is 0 Å². The fourth-order valence-corrected chi connectivity index (χ4v) is 4.03. The molecule has 0 bridgehead atoms. The number of amides is 3. The number of aromatic nitrogens is 1. The molecular formula is C19H23N3O3S. The van der Waals surface area contributed by atoms with Gasteiger partial charge in [-0.1, -0.05) is 43.3 Å². The van der Waals surface area contributed by atoms with Crippen molar-refractivity contribution in [3.63, 3.8) is 0 Å². The number of imide groups is 1. The molecule has 0 unspecified atom stereocenters. The first-order valence-corrected chi connectivity index (χ1v) is 9.86. The van der Waals surface area contributed by atoms with Crippen LogP contribution in [-0.2, 0) is 11.3 Å². The van der Waals surface area contributed by atoms with Crippen LogP contribution in [0.3, 0.4) is 0 Å². The van der Waals surface area contributed by atoms with Gasteiger partial charge in [0.05, 0.1) is 5.75 Å². The Morgan fingerprint density at radius 3 is 2.69 bits per heavy atom. The molecule has 0 saturated carbocycles. The molecule has 1 aliphatic heterocycles. The van der Waals surface area contributed by atoms with Gasteiger partial charge in [-0.3, -0.25) is 19.3 Å². The smallest absolute Gasteiger partial charge is 0.288 e. The summed E-state index contributed by atoms with van der Waals surface area (Å²) in [5, 5.41) is 3.71. The number of benzene rings is 1. The fraction of sp³-hybridized carbons (Fsp3) is 0.421. The zero-order chi connectivity index (χ0) is 18.7. The summed E-state index contributed by atoms with van der Waals surface area (Å²) in [6, 6.07) is 8.02. The molecule has 1 aromatic heterocycles. The topological polar surface area (TPSA) is 71.4 Å². The number of thioether (sulfide) groups is 1. The van der Waals surface area contributed by atoms with Crippen molar-refractivity contribution in [1.29, 1.82) is 0 Å². The molecule has 1 N–H and O–H groups in total. The van der Waals surface area contributed by atoms with Crippen molar-refractivity contribution < 1.29 is 14.4 Å². The predicted octanol–water partition coefficient (Wildman–Crippen LogP) is 3.18. The standard InChI is InChI=1S/C19H23N3O3S/c1-3-4-10-21-15-8-6-5-7-14(15)13(2)17(21)18(24)20-9-11-22-16(23)12-26-19(22)25/h5-8H,3-4,9-12H2,1-2H3,(H,20,24). The van der Waals surface area contributed by atoms with Crippen LogP contribution in [0.5, 0.6) is 0 Å². The summed E-state index contributed by atoms with van der Waals surface area (Å²) < 4.78 is 2.07. The third kappa shape index (κ3) is 3.49. The van der Waals surface area contributed by atoms with E-state index in [0.29, 0.717) is 5.69 Å². The normalized spacial score (nSPS) is 14.5. The van der Waals surface area contributed by atoms with Gasteiger partial charge >= 0.3 is 0 Å². The van der Waals surface area contributed by atoms with Crippen molar-refractivity contribution in [2.24, 2.45) is 0 Å². The Morgan fingerprint density at radius 1 is 1.23 bits per heavy atom. The number of carbonyl (C=O) groups is 3. The van der Waals surface area contributed by atoms with E-state index in [-0.39, 0.29) is 35.9 Å². The molecule has 0 atom stereocenters. The highest BCUT2D eigenvalue weighted by Crippen LogP contribution is 2.26. The van der Waals surface area contributed by atoms with Crippen LogP contribution in [0.25, 0.3) is 10.9 Å². The van der Waals surface area contributed by atoms with Crippen LogP contribution >= 0.6 is 11.8 Å². The first-order chi connectivity index (χ1) is 12.5. The van der Waals surface area contributed by atoms with Gasteiger partial charge in [0.15, 0.2) is 0 Å². The van der Waals surface area contributed by atoms with Crippen LogP contribution in [0, 0.1) is 6.92 Å². The number of nitrogens with one attached hydrogen (secondary N) is 1. The molecule has 0 spiro atoms. The molecule has 1 fully saturated rings. The molecule has 6 nitrogen and oxygen atoms in total. The van der Waals surface area contributed by atoms with Gasteiger partial charge in [-0.05, 0) is 25.0 Å². The molecule has 3 rings (SSSR count). The Hall–Kier alpha value is -2.28. The van der Waals surface area contributed by atoms with Crippen molar-refractivity contribution in [2.45, 2.75) is 33.2 Å². The highest BCUT2D eigenvalue weighted by atomic mass is 32.2. The first-order valence-electron chi connectivity index (χ1n) is 8.87. The minimum Gasteiger partial charge on any atom is -0.349 e. The molecule has 3 amide bonds. The summed E-state index contributed by atoms with van der Waals surface area (Å²) in [6.07, 6.45) is 2.04. The van der Waals surface area contributed by atoms with E-state index in [1.165, 1.54) is 4.90 Å². The van der Waals surface area contributed by atoms with Crippen molar-refractivity contribution in [1.82, 2.24) is 14.8 Å². The molecule has 2 heterocycles. The average Bonchev–Trinajstić information content (AvgIpc) is 3.11. The van der Waals surface area contributed by atoms with E-state index < -0.39 is 0 Å². The lowest BCUT2D eigenvalue weighted by Gasteiger charge is -2.14. The monoisotopic (exact) mass is 373 g/mol. The van der Waals surface area contributed by atoms with Crippen molar-refractivity contribution in [3.05, 3.63) is 35.5 Å². The SMILES string of the molecule is CCCCn1c(C(=O)NCCN2C(=O)CSC2=O)c(C)c2ccccc21. The first kappa shape index (κ1) is 18.5. The van der Waals surface area contributed by atoms with Gasteiger partial charge in [0.1, 0.15) is 5.69 Å². The molecule has 138 valence electrons. The summed E-state index contributed by atoms with van der Waals surface area (Å²) in [5.41, 5.74) is 2.68. The number of hydrogen-bond acceptors (Lipinski definition) is 4. The van der Waals surface area contributed by atoms with E-state index in [2.05, 4.69) is 16.8 Å². The number of hydrogen-bond donors (Lipinski definition) is 1. The minimum absolute atomic E-state index is 0.165. The third-order valence-corrected chi connectivity index (χ3v) is 5.49. The summed E-state index contributed by atoms with van der Waals surface area (Å²) >= 11 is 1.01. The number of rotatable bonds is 7. The Kier molecular flexibility index (Phi) is 5.66. The van der Waals surface area contributed by atoms with E-state index >= 15 is 0 Å². The molecular weight excluding hydrogens is 350 g/mol. The van der Waals surface area contributed by atoms with E-state index in [9.17, 15) is 14.4 Å². The van der Waals surface area contributed by atoms with E-state index in [4.69, 9.17) is 0 Å². The maximum atomic E-state index is 12.8. The molecule has 0 aliphatic carbocycles. The summed E-state index contributed by atoms with van der Waals surface area (Å²) in [7, 11) is 0. The number of carbonyl (C=O) groups excluding carboxylic acids is 3. The average molecular weight is 373 g/mol. The summed E-state index contributed by atoms with van der Waals surface area (Å²) in [5.74, 6) is -0.166. The number of unbranched alkanes of at least 4 members (excludes halogenated alkanes) is 1. The maximum Gasteiger partial charge on any atom is 0.288 e. The van der Waals surface area contributed by atoms with Crippen molar-refractivity contribution in [3.8, 4) is 0 Å². The van der Waals surface area contributed by atoms with Gasteiger partial charge in [0, 0.05) is 30.5 Å². The summed E-state index contributed by atoms with van der Waals surface area (Å²) in [4.78, 5) is 37.3. The Morgan fingerprint density at radius 2 is 2.00 bits per heavy atom. The maximum absolute atomic E-state index is 12.8. The second kappa shape index (κ2) is 7.95. The number of nitrogens with zero attached hydrogens (tertiary/aromatic N) is 2. The lowest BCUT2D eigenvalue weighted by atomic mass is 10.1.